The minimum absolute atomic E-state index is 0.135. The summed E-state index contributed by atoms with van der Waals surface area (Å²) in [6.45, 7) is 0.525. The highest BCUT2D eigenvalue weighted by atomic mass is 32.2. The molecule has 0 saturated heterocycles. The molecule has 178 valence electrons. The Hall–Kier alpha value is -4.23. The fraction of sp³-hybridized carbons (Fsp3) is 0.0690. The van der Waals surface area contributed by atoms with Gasteiger partial charge in [-0.05, 0) is 53.6 Å². The minimum atomic E-state index is -0.344. The zero-order valence-electron chi connectivity index (χ0n) is 19.2. The number of hydrogen-bond donors (Lipinski definition) is 1. The quantitative estimate of drug-likeness (QED) is 0.342. The highest BCUT2D eigenvalue weighted by Crippen LogP contribution is 2.42. The Labute approximate surface area is 212 Å². The topological polar surface area (TPSA) is 62.3 Å². The van der Waals surface area contributed by atoms with Crippen LogP contribution in [0.3, 0.4) is 0 Å². The van der Waals surface area contributed by atoms with Gasteiger partial charge in [0.05, 0.1) is 17.1 Å². The molecule has 2 amide bonds. The first kappa shape index (κ1) is 23.5. The van der Waals surface area contributed by atoms with Gasteiger partial charge in [-0.2, -0.15) is 0 Å². The summed E-state index contributed by atoms with van der Waals surface area (Å²) >= 11 is 1.39. The molecule has 4 aromatic rings. The Morgan fingerprint density at radius 3 is 2.53 bits per heavy atom. The largest absolute Gasteiger partial charge is 0.348 e. The van der Waals surface area contributed by atoms with Gasteiger partial charge >= 0.3 is 0 Å². The lowest BCUT2D eigenvalue weighted by atomic mass is 10.1. The lowest BCUT2D eigenvalue weighted by molar-refractivity contribution is -0.114. The number of carbonyl (C=O) groups is 2. The van der Waals surface area contributed by atoms with Crippen molar-refractivity contribution < 1.29 is 14.0 Å². The summed E-state index contributed by atoms with van der Waals surface area (Å²) in [4.78, 5) is 33.1. The van der Waals surface area contributed by atoms with Crippen LogP contribution >= 0.6 is 11.8 Å². The van der Waals surface area contributed by atoms with Crippen molar-refractivity contribution in [2.45, 2.75) is 18.0 Å². The number of halogens is 1. The molecule has 7 heteroatoms. The van der Waals surface area contributed by atoms with Gasteiger partial charge in [-0.25, -0.2) is 4.39 Å². The molecular formula is C29H22FN3O2S. The number of carbonyl (C=O) groups excluding carboxylic acids is 2. The van der Waals surface area contributed by atoms with Crippen molar-refractivity contribution >= 4 is 35.3 Å². The predicted molar refractivity (Wildman–Crippen MR) is 140 cm³/mol. The summed E-state index contributed by atoms with van der Waals surface area (Å²) in [6, 6.07) is 24.9. The Balaban J connectivity index is 1.35. The first-order valence-corrected chi connectivity index (χ1v) is 12.2. The van der Waals surface area contributed by atoms with Crippen LogP contribution in [-0.4, -0.2) is 16.8 Å². The Morgan fingerprint density at radius 1 is 0.972 bits per heavy atom. The summed E-state index contributed by atoms with van der Waals surface area (Å²) in [6.07, 6.45) is 5.20. The number of nitrogens with one attached hydrogen (secondary N) is 1. The van der Waals surface area contributed by atoms with Crippen LogP contribution < -0.4 is 10.2 Å². The molecule has 2 heterocycles. The summed E-state index contributed by atoms with van der Waals surface area (Å²) in [5.41, 5.74) is 3.44. The summed E-state index contributed by atoms with van der Waals surface area (Å²) < 4.78 is 14.4. The maximum Gasteiger partial charge on any atom is 0.265 e. The summed E-state index contributed by atoms with van der Waals surface area (Å²) in [5, 5.41) is 2.88. The van der Waals surface area contributed by atoms with E-state index >= 15 is 0 Å². The van der Waals surface area contributed by atoms with Crippen LogP contribution in [0.5, 0.6) is 0 Å². The SMILES string of the molecule is O=C(NCc1cccnc1)c1ccc(C=C2Sc3ccccc3N(Cc3ccccc3F)C2=O)cc1. The normalized spacial score (nSPS) is 14.0. The maximum atomic E-state index is 14.4. The molecule has 0 unspecified atom stereocenters. The number of thioether (sulfide) groups is 1. The molecule has 5 nitrogen and oxygen atoms in total. The molecule has 0 fully saturated rings. The third kappa shape index (κ3) is 5.21. The number of fused-ring (bicyclic) bond motifs is 1. The molecule has 0 atom stereocenters. The third-order valence-corrected chi connectivity index (χ3v) is 6.84. The number of aromatic nitrogens is 1. The van der Waals surface area contributed by atoms with Gasteiger partial charge in [0.25, 0.3) is 11.8 Å². The molecule has 36 heavy (non-hydrogen) atoms. The van der Waals surface area contributed by atoms with Gasteiger partial charge in [0.1, 0.15) is 5.82 Å². The standard InChI is InChI=1S/C29H22FN3O2S/c30-24-8-2-1-7-23(24)19-33-25-9-3-4-10-26(25)36-27(29(33)35)16-20-11-13-22(14-12-20)28(34)32-18-21-6-5-15-31-17-21/h1-17H,18-19H2,(H,32,34). The van der Waals surface area contributed by atoms with Crippen molar-refractivity contribution in [3.05, 3.63) is 130 Å². The van der Waals surface area contributed by atoms with Crippen molar-refractivity contribution in [2.24, 2.45) is 0 Å². The smallest absolute Gasteiger partial charge is 0.265 e. The molecule has 0 radical (unpaired) electrons. The average Bonchev–Trinajstić information content (AvgIpc) is 2.91. The van der Waals surface area contributed by atoms with E-state index in [4.69, 9.17) is 0 Å². The Kier molecular flexibility index (Phi) is 6.91. The molecule has 1 N–H and O–H groups in total. The van der Waals surface area contributed by atoms with E-state index in [1.165, 1.54) is 17.8 Å². The van der Waals surface area contributed by atoms with E-state index in [0.29, 0.717) is 22.6 Å². The average molecular weight is 496 g/mol. The molecule has 0 spiro atoms. The van der Waals surface area contributed by atoms with Gasteiger partial charge in [0.15, 0.2) is 0 Å². The van der Waals surface area contributed by atoms with Gasteiger partial charge < -0.3 is 10.2 Å². The van der Waals surface area contributed by atoms with E-state index < -0.39 is 0 Å². The summed E-state index contributed by atoms with van der Waals surface area (Å²) in [7, 11) is 0. The number of benzene rings is 3. The molecule has 0 bridgehead atoms. The van der Waals surface area contributed by atoms with Crippen LogP contribution in [0.2, 0.25) is 0 Å². The van der Waals surface area contributed by atoms with E-state index in [2.05, 4.69) is 10.3 Å². The molecule has 1 aliphatic rings. The van der Waals surface area contributed by atoms with Crippen LogP contribution in [-0.2, 0) is 17.9 Å². The highest BCUT2D eigenvalue weighted by molar-refractivity contribution is 8.04. The van der Waals surface area contributed by atoms with Crippen LogP contribution in [0.15, 0.2) is 107 Å². The Morgan fingerprint density at radius 2 is 1.75 bits per heavy atom. The monoisotopic (exact) mass is 495 g/mol. The molecule has 0 aliphatic carbocycles. The van der Waals surface area contributed by atoms with E-state index in [9.17, 15) is 14.0 Å². The van der Waals surface area contributed by atoms with E-state index in [1.807, 2.05) is 48.5 Å². The number of anilines is 1. The number of nitrogens with zero attached hydrogens (tertiary/aromatic N) is 2. The molecule has 5 rings (SSSR count). The lowest BCUT2D eigenvalue weighted by Crippen LogP contribution is -2.34. The number of rotatable bonds is 6. The zero-order valence-corrected chi connectivity index (χ0v) is 20.0. The first-order chi connectivity index (χ1) is 17.6. The van der Waals surface area contributed by atoms with Crippen molar-refractivity contribution in [3.63, 3.8) is 0 Å². The van der Waals surface area contributed by atoms with Crippen molar-refractivity contribution in [1.82, 2.24) is 10.3 Å². The zero-order chi connectivity index (χ0) is 24.9. The lowest BCUT2D eigenvalue weighted by Gasteiger charge is -2.30. The Bertz CT molecular complexity index is 1440. The fourth-order valence-electron chi connectivity index (χ4n) is 3.89. The van der Waals surface area contributed by atoms with Crippen LogP contribution in [0, 0.1) is 5.82 Å². The molecule has 3 aromatic carbocycles. The van der Waals surface area contributed by atoms with Gasteiger partial charge in [-0.3, -0.25) is 14.6 Å². The van der Waals surface area contributed by atoms with Gasteiger partial charge in [0, 0.05) is 35.0 Å². The van der Waals surface area contributed by atoms with E-state index in [0.717, 1.165) is 21.7 Å². The van der Waals surface area contributed by atoms with E-state index in [-0.39, 0.29) is 24.2 Å². The van der Waals surface area contributed by atoms with Crippen LogP contribution in [0.4, 0.5) is 10.1 Å². The number of hydrogen-bond acceptors (Lipinski definition) is 4. The van der Waals surface area contributed by atoms with Gasteiger partial charge in [-0.1, -0.05) is 60.3 Å². The highest BCUT2D eigenvalue weighted by Gasteiger charge is 2.29. The van der Waals surface area contributed by atoms with Crippen LogP contribution in [0.1, 0.15) is 27.0 Å². The molecule has 0 saturated carbocycles. The van der Waals surface area contributed by atoms with Gasteiger partial charge in [0.2, 0.25) is 0 Å². The van der Waals surface area contributed by atoms with Crippen molar-refractivity contribution in [3.8, 4) is 0 Å². The predicted octanol–water partition coefficient (Wildman–Crippen LogP) is 5.83. The number of pyridine rings is 1. The number of amides is 2. The van der Waals surface area contributed by atoms with Crippen molar-refractivity contribution in [1.29, 1.82) is 0 Å². The second kappa shape index (κ2) is 10.6. The first-order valence-electron chi connectivity index (χ1n) is 11.4. The second-order valence-corrected chi connectivity index (χ2v) is 9.31. The minimum Gasteiger partial charge on any atom is -0.348 e. The molecular weight excluding hydrogens is 473 g/mol. The number of para-hydroxylation sites is 1. The molecule has 1 aliphatic heterocycles. The third-order valence-electron chi connectivity index (χ3n) is 5.76. The second-order valence-electron chi connectivity index (χ2n) is 8.23. The maximum absolute atomic E-state index is 14.4. The van der Waals surface area contributed by atoms with Gasteiger partial charge in [-0.15, -0.1) is 0 Å². The molecule has 1 aromatic heterocycles. The van der Waals surface area contributed by atoms with E-state index in [1.54, 1.807) is 53.7 Å². The summed E-state index contributed by atoms with van der Waals surface area (Å²) in [5.74, 6) is -0.727. The fourth-order valence-corrected chi connectivity index (χ4v) is 4.94. The van der Waals surface area contributed by atoms with Crippen molar-refractivity contribution in [2.75, 3.05) is 4.90 Å². The van der Waals surface area contributed by atoms with Crippen LogP contribution in [0.25, 0.3) is 6.08 Å².